The first-order valence-electron chi connectivity index (χ1n) is 16.2. The van der Waals surface area contributed by atoms with Crippen molar-refractivity contribution in [3.05, 3.63) is 145 Å². The van der Waals surface area contributed by atoms with E-state index in [1.54, 1.807) is 0 Å². The highest BCUT2D eigenvalue weighted by Gasteiger charge is 2.26. The van der Waals surface area contributed by atoms with Crippen molar-refractivity contribution in [1.29, 1.82) is 0 Å². The minimum absolute atomic E-state index is 0.289. The largest absolute Gasteiger partial charge is 0.455 e. The van der Waals surface area contributed by atoms with Crippen molar-refractivity contribution in [2.24, 2.45) is 0 Å². The number of nitrogens with zero attached hydrogens (tertiary/aromatic N) is 2. The highest BCUT2D eigenvalue weighted by molar-refractivity contribution is 6.16. The van der Waals surface area contributed by atoms with Crippen LogP contribution in [0.5, 0.6) is 0 Å². The Morgan fingerprint density at radius 3 is 1.85 bits per heavy atom. The summed E-state index contributed by atoms with van der Waals surface area (Å²) in [6, 6.07) is 47.4. The molecule has 224 valence electrons. The van der Waals surface area contributed by atoms with Gasteiger partial charge in [-0.2, -0.15) is 0 Å². The zero-order valence-electron chi connectivity index (χ0n) is 26.7. The fraction of sp³-hybridized carbons (Fsp3) is 0.140. The van der Waals surface area contributed by atoms with Gasteiger partial charge in [0.05, 0.1) is 22.3 Å². The Hall–Kier alpha value is -5.41. The van der Waals surface area contributed by atoms with Crippen LogP contribution in [0.4, 0.5) is 0 Å². The molecule has 2 heterocycles. The third-order valence-electron chi connectivity index (χ3n) is 9.16. The van der Waals surface area contributed by atoms with Gasteiger partial charge in [0, 0.05) is 10.8 Å². The van der Waals surface area contributed by atoms with Gasteiger partial charge < -0.3 is 4.42 Å². The predicted molar refractivity (Wildman–Crippen MR) is 193 cm³/mol. The molecule has 0 aliphatic carbocycles. The van der Waals surface area contributed by atoms with Gasteiger partial charge in [0.1, 0.15) is 17.0 Å². The monoisotopic (exact) mass is 596 g/mol. The number of para-hydroxylation sites is 3. The van der Waals surface area contributed by atoms with Gasteiger partial charge >= 0.3 is 0 Å². The molecule has 0 atom stereocenters. The SMILES string of the molecule is CC(C)c1cc(-c2ccccc2)cc(C(C)C)c1-n1c(-c2ccc(-c3ccccc3)c3c2oc2ccccc23)nc2ccccc21. The van der Waals surface area contributed by atoms with Crippen LogP contribution in [0.1, 0.15) is 50.7 Å². The van der Waals surface area contributed by atoms with Gasteiger partial charge in [0.25, 0.3) is 0 Å². The number of hydrogen-bond acceptors (Lipinski definition) is 2. The second-order valence-corrected chi connectivity index (χ2v) is 12.8. The first kappa shape index (κ1) is 28.1. The van der Waals surface area contributed by atoms with E-state index in [2.05, 4.69) is 160 Å². The molecule has 0 radical (unpaired) electrons. The number of furan rings is 1. The Morgan fingerprint density at radius 2 is 1.15 bits per heavy atom. The van der Waals surface area contributed by atoms with Gasteiger partial charge in [-0.25, -0.2) is 4.98 Å². The van der Waals surface area contributed by atoms with Gasteiger partial charge in [-0.05, 0) is 81.6 Å². The number of rotatable bonds is 6. The first-order valence-corrected chi connectivity index (χ1v) is 16.2. The molecule has 0 aliphatic heterocycles. The minimum Gasteiger partial charge on any atom is -0.455 e. The Morgan fingerprint density at radius 1 is 0.565 bits per heavy atom. The third-order valence-corrected chi connectivity index (χ3v) is 9.16. The highest BCUT2D eigenvalue weighted by Crippen LogP contribution is 2.45. The normalized spacial score (nSPS) is 11.9. The van der Waals surface area contributed by atoms with E-state index in [1.807, 2.05) is 6.07 Å². The van der Waals surface area contributed by atoms with E-state index in [0.717, 1.165) is 49.9 Å². The first-order chi connectivity index (χ1) is 22.5. The van der Waals surface area contributed by atoms with Crippen molar-refractivity contribution in [3.8, 4) is 39.3 Å². The van der Waals surface area contributed by atoms with Crippen LogP contribution in [0.3, 0.4) is 0 Å². The van der Waals surface area contributed by atoms with Crippen LogP contribution in [0, 0.1) is 0 Å². The summed E-state index contributed by atoms with van der Waals surface area (Å²) in [4.78, 5) is 5.37. The average Bonchev–Trinajstić information content (AvgIpc) is 3.67. The minimum atomic E-state index is 0.289. The van der Waals surface area contributed by atoms with Crippen LogP contribution in [-0.4, -0.2) is 9.55 Å². The number of aromatic nitrogens is 2. The number of hydrogen-bond donors (Lipinski definition) is 0. The zero-order chi connectivity index (χ0) is 31.4. The molecule has 8 aromatic rings. The van der Waals surface area contributed by atoms with E-state index in [0.29, 0.717) is 0 Å². The fourth-order valence-corrected chi connectivity index (χ4v) is 6.91. The quantitative estimate of drug-likeness (QED) is 0.191. The van der Waals surface area contributed by atoms with E-state index >= 15 is 0 Å². The molecule has 0 amide bonds. The van der Waals surface area contributed by atoms with Crippen LogP contribution >= 0.6 is 0 Å². The highest BCUT2D eigenvalue weighted by atomic mass is 16.3. The molecular formula is C43H36N2O. The maximum Gasteiger partial charge on any atom is 0.149 e. The summed E-state index contributed by atoms with van der Waals surface area (Å²) in [5.74, 6) is 1.47. The molecule has 3 nitrogen and oxygen atoms in total. The summed E-state index contributed by atoms with van der Waals surface area (Å²) < 4.78 is 9.17. The van der Waals surface area contributed by atoms with Gasteiger partial charge in [-0.3, -0.25) is 4.57 Å². The van der Waals surface area contributed by atoms with E-state index in [4.69, 9.17) is 9.40 Å². The molecule has 8 rings (SSSR count). The zero-order valence-corrected chi connectivity index (χ0v) is 26.7. The maximum atomic E-state index is 6.77. The van der Waals surface area contributed by atoms with Crippen LogP contribution < -0.4 is 0 Å². The summed E-state index contributed by atoms with van der Waals surface area (Å²) in [6.45, 7) is 9.18. The Kier molecular flexibility index (Phi) is 6.83. The maximum absolute atomic E-state index is 6.77. The molecule has 0 fully saturated rings. The number of fused-ring (bicyclic) bond motifs is 4. The van der Waals surface area contributed by atoms with Crippen molar-refractivity contribution < 1.29 is 4.42 Å². The van der Waals surface area contributed by atoms with Crippen molar-refractivity contribution in [1.82, 2.24) is 9.55 Å². The molecular weight excluding hydrogens is 560 g/mol. The van der Waals surface area contributed by atoms with Crippen molar-refractivity contribution in [2.45, 2.75) is 39.5 Å². The average molecular weight is 597 g/mol. The van der Waals surface area contributed by atoms with Crippen molar-refractivity contribution in [2.75, 3.05) is 0 Å². The molecule has 0 N–H and O–H groups in total. The smallest absolute Gasteiger partial charge is 0.149 e. The molecule has 6 aromatic carbocycles. The molecule has 3 heteroatoms. The van der Waals surface area contributed by atoms with Crippen LogP contribution in [-0.2, 0) is 0 Å². The Bertz CT molecular complexity index is 2330. The Labute approximate surface area is 269 Å². The van der Waals surface area contributed by atoms with Gasteiger partial charge in [-0.15, -0.1) is 0 Å². The molecule has 0 saturated carbocycles. The van der Waals surface area contributed by atoms with Gasteiger partial charge in [0.15, 0.2) is 0 Å². The summed E-state index contributed by atoms with van der Waals surface area (Å²) in [6.07, 6.45) is 0. The molecule has 0 saturated heterocycles. The van der Waals surface area contributed by atoms with Crippen LogP contribution in [0.2, 0.25) is 0 Å². The standard InChI is InChI=1S/C43H36N2O/c1-27(2)35-25-31(29-15-7-5-8-16-29)26-36(28(3)4)41(35)45-38-21-13-12-20-37(38)44-43(45)34-24-23-32(30-17-9-6-10-18-30)40-33-19-11-14-22-39(33)46-42(34)40/h5-28H,1-4H3. The summed E-state index contributed by atoms with van der Waals surface area (Å²) in [5, 5.41) is 2.23. The summed E-state index contributed by atoms with van der Waals surface area (Å²) >= 11 is 0. The predicted octanol–water partition coefficient (Wildman–Crippen LogP) is 12.2. The number of imidazole rings is 1. The second kappa shape index (κ2) is 11.2. The summed E-state index contributed by atoms with van der Waals surface area (Å²) in [7, 11) is 0. The lowest BCUT2D eigenvalue weighted by atomic mass is 9.88. The topological polar surface area (TPSA) is 31.0 Å². The van der Waals surface area contributed by atoms with E-state index in [-0.39, 0.29) is 11.8 Å². The van der Waals surface area contributed by atoms with Crippen molar-refractivity contribution in [3.63, 3.8) is 0 Å². The van der Waals surface area contributed by atoms with Crippen LogP contribution in [0.15, 0.2) is 138 Å². The fourth-order valence-electron chi connectivity index (χ4n) is 6.91. The van der Waals surface area contributed by atoms with Crippen molar-refractivity contribution >= 4 is 33.0 Å². The molecule has 0 spiro atoms. The summed E-state index contributed by atoms with van der Waals surface area (Å²) in [5.41, 5.74) is 13.4. The second-order valence-electron chi connectivity index (χ2n) is 12.8. The van der Waals surface area contributed by atoms with Gasteiger partial charge in [-0.1, -0.05) is 125 Å². The molecule has 0 aliphatic rings. The lowest BCUT2D eigenvalue weighted by Crippen LogP contribution is -2.09. The molecule has 46 heavy (non-hydrogen) atoms. The van der Waals surface area contributed by atoms with Crippen LogP contribution in [0.25, 0.3) is 72.3 Å². The van der Waals surface area contributed by atoms with E-state index in [1.165, 1.54) is 33.5 Å². The molecule has 0 unspecified atom stereocenters. The molecule has 2 aromatic heterocycles. The lowest BCUT2D eigenvalue weighted by Gasteiger charge is -2.24. The third kappa shape index (κ3) is 4.54. The van der Waals surface area contributed by atoms with E-state index < -0.39 is 0 Å². The lowest BCUT2D eigenvalue weighted by molar-refractivity contribution is 0.669. The van der Waals surface area contributed by atoms with Gasteiger partial charge in [0.2, 0.25) is 0 Å². The number of benzene rings is 6. The Balaban J connectivity index is 1.48. The van der Waals surface area contributed by atoms with E-state index in [9.17, 15) is 0 Å². The molecule has 0 bridgehead atoms.